The summed E-state index contributed by atoms with van der Waals surface area (Å²) in [5, 5.41) is 5.24. The molecule has 0 saturated carbocycles. The van der Waals surface area contributed by atoms with Gasteiger partial charge in [0, 0.05) is 28.6 Å². The molecule has 0 heterocycles. The number of nitrogens with two attached hydrogens (primary N) is 3. The van der Waals surface area contributed by atoms with Crippen molar-refractivity contribution in [3.8, 4) is 0 Å². The first-order valence-corrected chi connectivity index (χ1v) is 16.3. The molecule has 4 amide bonds. The first kappa shape index (κ1) is 41.3. The molecule has 3 atom stereocenters. The summed E-state index contributed by atoms with van der Waals surface area (Å²) in [6.45, 7) is 5.56. The molecule has 0 spiro atoms. The van der Waals surface area contributed by atoms with Gasteiger partial charge in [-0.15, -0.1) is 0 Å². The van der Waals surface area contributed by atoms with Gasteiger partial charge in [0.1, 0.15) is 12.2 Å². The number of amides is 4. The lowest BCUT2D eigenvalue weighted by Gasteiger charge is -2.24. The van der Waals surface area contributed by atoms with E-state index in [9.17, 15) is 24.0 Å². The van der Waals surface area contributed by atoms with E-state index in [2.05, 4.69) is 19.0 Å². The van der Waals surface area contributed by atoms with Crippen LogP contribution in [0.25, 0.3) is 0 Å². The van der Waals surface area contributed by atoms with E-state index in [0.29, 0.717) is 24.9 Å². The molecule has 0 bridgehead atoms. The zero-order valence-electron chi connectivity index (χ0n) is 32.6. The van der Waals surface area contributed by atoms with Crippen LogP contribution in [0.1, 0.15) is 73.3 Å². The number of carbonyl (C=O) groups excluding carboxylic acids is 5. The van der Waals surface area contributed by atoms with Gasteiger partial charge >= 0.3 is 12.2 Å². The van der Waals surface area contributed by atoms with Crippen LogP contribution in [-0.2, 0) is 43.3 Å². The van der Waals surface area contributed by atoms with Gasteiger partial charge in [-0.05, 0) is 70.9 Å². The van der Waals surface area contributed by atoms with Crippen LogP contribution in [-0.4, -0.2) is 63.7 Å². The van der Waals surface area contributed by atoms with Crippen LogP contribution in [0.2, 0.25) is 0 Å². The quantitative estimate of drug-likeness (QED) is 0.100. The van der Waals surface area contributed by atoms with Crippen molar-refractivity contribution >= 4 is 38.2 Å². The Bertz CT molecular complexity index is 1600. The molecule has 0 aromatic heterocycles. The first-order chi connectivity index (χ1) is 25.4. The van der Waals surface area contributed by atoms with Crippen LogP contribution in [0.5, 0.6) is 0 Å². The van der Waals surface area contributed by atoms with E-state index in [1.54, 1.807) is 57.2 Å². The van der Waals surface area contributed by atoms with Crippen LogP contribution in [0, 0.1) is 5.89 Å². The van der Waals surface area contributed by atoms with Crippen molar-refractivity contribution in [2.24, 2.45) is 23.1 Å². The maximum Gasteiger partial charge on any atom is 0.408 e. The molecule has 52 heavy (non-hydrogen) atoms. The van der Waals surface area contributed by atoms with Gasteiger partial charge in [0.15, 0.2) is 5.78 Å². The normalized spacial score (nSPS) is 14.0. The van der Waals surface area contributed by atoms with Crippen molar-refractivity contribution in [2.45, 2.75) is 91.0 Å². The van der Waals surface area contributed by atoms with E-state index in [4.69, 9.17) is 30.8 Å². The number of benzene rings is 3. The third-order valence-corrected chi connectivity index (χ3v) is 7.03. The lowest BCUT2D eigenvalue weighted by Crippen LogP contribution is -2.44. The van der Waals surface area contributed by atoms with Crippen molar-refractivity contribution in [3.05, 3.63) is 108 Å². The van der Waals surface area contributed by atoms with Crippen molar-refractivity contribution in [3.63, 3.8) is 0 Å². The number of primary amides is 2. The first-order valence-electron chi connectivity index (χ1n) is 17.9. The molecule has 2 radical (unpaired) electrons. The number of rotatable bonds is 17. The van der Waals surface area contributed by atoms with E-state index in [1.165, 1.54) is 0 Å². The molecule has 8 N–H and O–H groups in total. The molecule has 0 saturated heterocycles. The fraction of sp³-hybridized carbons (Fsp3) is 0.410. The van der Waals surface area contributed by atoms with E-state index in [-0.39, 0.29) is 33.3 Å². The number of hydrogen-bond acceptors (Lipinski definition) is 8. The summed E-state index contributed by atoms with van der Waals surface area (Å²) in [6, 6.07) is 24.6. The highest BCUT2D eigenvalue weighted by molar-refractivity contribution is 5.91. The van der Waals surface area contributed by atoms with Gasteiger partial charge in [-0.3, -0.25) is 14.4 Å². The Labute approximate surface area is 314 Å². The monoisotopic (exact) mass is 720 g/mol. The van der Waals surface area contributed by atoms with Crippen molar-refractivity contribution in [2.75, 3.05) is 6.54 Å². The Morgan fingerprint density at radius 3 is 1.75 bits per heavy atom. The number of alkyl carbamates (subject to hydrolysis) is 2. The molecule has 0 fully saturated rings. The van der Waals surface area contributed by atoms with Gasteiger partial charge in [-0.2, -0.15) is 0 Å². The summed E-state index contributed by atoms with van der Waals surface area (Å²) >= 11 is 0. The second kappa shape index (κ2) is 24.9. The Kier molecular flexibility index (Phi) is 19.8. The second-order valence-electron chi connectivity index (χ2n) is 12.5. The van der Waals surface area contributed by atoms with E-state index in [0.717, 1.165) is 11.1 Å². The molecule has 0 aliphatic heterocycles. The third-order valence-electron chi connectivity index (χ3n) is 7.03. The highest BCUT2D eigenvalue weighted by Crippen LogP contribution is 2.16. The van der Waals surface area contributed by atoms with Crippen molar-refractivity contribution in [1.29, 1.82) is 1.34 Å². The van der Waals surface area contributed by atoms with Crippen LogP contribution in [0.4, 0.5) is 9.59 Å². The molecule has 0 aliphatic rings. The predicted molar refractivity (Wildman–Crippen MR) is 205 cm³/mol. The number of ketones is 1. The minimum absolute atomic E-state index is 0. The third kappa shape index (κ3) is 20.5. The average Bonchev–Trinajstić information content (AvgIpc) is 3.11. The fourth-order valence-electron chi connectivity index (χ4n) is 4.52. The molecule has 13 heteroatoms. The highest BCUT2D eigenvalue weighted by atomic mass is 16.6. The predicted octanol–water partition coefficient (Wildman–Crippen LogP) is 4.31. The number of hydrogen-bond donors (Lipinski definition) is 5. The average molecular weight is 721 g/mol. The molecule has 0 unspecified atom stereocenters. The molecular formula is C39H56BN5O7. The minimum Gasteiger partial charge on any atom is -0.445 e. The van der Waals surface area contributed by atoms with Crippen molar-refractivity contribution < 1.29 is 36.2 Å². The van der Waals surface area contributed by atoms with Crippen LogP contribution < -0.4 is 27.8 Å². The molecule has 3 aromatic carbocycles. The molecule has 282 valence electrons. The summed E-state index contributed by atoms with van der Waals surface area (Å²) in [6.07, 6.45) is -0.509. The topological polar surface area (TPSA) is 206 Å². The Hall–Kier alpha value is -5.17. The van der Waals surface area contributed by atoms with Gasteiger partial charge in [0.05, 0.1) is 13.4 Å². The summed E-state index contributed by atoms with van der Waals surface area (Å²) in [4.78, 5) is 60.6. The fourth-order valence-corrected chi connectivity index (χ4v) is 4.52. The van der Waals surface area contributed by atoms with E-state index < -0.39 is 59.8 Å². The SMILES string of the molecule is C.[2H][B].[2H][C@](CC(=O)[C@H](CCCCNC(=O)OCc1ccccc1)NC(=O)OC(C)(C)C)(Cc1ccccc1)C(N)=O.[2H][C@](N)(Cc1ccccc1)C(N)=O. The Balaban J connectivity index is 0.00000153. The van der Waals surface area contributed by atoms with Crippen LogP contribution >= 0.6 is 0 Å². The maximum atomic E-state index is 13.3. The zero-order valence-corrected chi connectivity index (χ0v) is 29.6. The molecule has 3 aromatic rings. The number of carbonyl (C=O) groups is 5. The van der Waals surface area contributed by atoms with Gasteiger partial charge in [-0.25, -0.2) is 9.59 Å². The van der Waals surface area contributed by atoms with Crippen molar-refractivity contribution in [1.82, 2.24) is 10.6 Å². The summed E-state index contributed by atoms with van der Waals surface area (Å²) < 4.78 is 31.8. The molecular weight excluding hydrogens is 661 g/mol. The molecule has 0 aliphatic carbocycles. The number of unbranched alkanes of at least 4 members (excludes halogenated alkanes) is 1. The lowest BCUT2D eigenvalue weighted by molar-refractivity contribution is -0.128. The maximum absolute atomic E-state index is 13.3. The summed E-state index contributed by atoms with van der Waals surface area (Å²) in [7, 11) is 3.75. The van der Waals surface area contributed by atoms with E-state index >= 15 is 0 Å². The largest absolute Gasteiger partial charge is 0.445 e. The molecule has 3 rings (SSSR count). The van der Waals surface area contributed by atoms with E-state index in [1.807, 2.05) is 54.6 Å². The number of ether oxygens (including phenoxy) is 2. The van der Waals surface area contributed by atoms with Crippen LogP contribution in [0.3, 0.4) is 0 Å². The highest BCUT2D eigenvalue weighted by Gasteiger charge is 2.28. The Morgan fingerprint density at radius 1 is 0.769 bits per heavy atom. The summed E-state index contributed by atoms with van der Waals surface area (Å²) in [5.41, 5.74) is 17.5. The smallest absolute Gasteiger partial charge is 0.408 e. The zero-order chi connectivity index (χ0) is 40.8. The summed E-state index contributed by atoms with van der Waals surface area (Å²) in [5.74, 6) is -4.11. The number of Topliss-reactive ketones (excluding diaryl/α,β-unsaturated/α-hetero) is 1. The van der Waals surface area contributed by atoms with Crippen LogP contribution in [0.15, 0.2) is 91.0 Å². The number of nitrogens with one attached hydrogen (secondary N) is 2. The van der Waals surface area contributed by atoms with Gasteiger partial charge < -0.3 is 37.3 Å². The second-order valence-corrected chi connectivity index (χ2v) is 12.5. The Morgan fingerprint density at radius 2 is 1.27 bits per heavy atom. The van der Waals surface area contributed by atoms with Gasteiger partial charge in [0.2, 0.25) is 11.8 Å². The molecule has 12 nitrogen and oxygen atoms in total. The standard InChI is InChI=1S/C29H39N3O6.C9H12N2O.CH4.BH/c1-29(2,3)38-28(36)32-24(25(33)19-23(26(30)34)18-21-12-6-4-7-13-21)16-10-11-17-31-27(35)37-20-22-14-8-5-9-15-22;10-8(9(11)12)6-7-4-2-1-3-5-7;;/h4-9,12-15,23-24H,10-11,16-20H2,1-3H3,(H2,30,34)(H,31,35)(H,32,36);1-5,8H,6,10H2,(H2,11,12);1H4;1H/t23-,24+;8-;;/m10../s1/i23D;8D;;1D. The lowest BCUT2D eigenvalue weighted by atomic mass is 9.90. The minimum atomic E-state index is -1.88. The van der Waals surface area contributed by atoms with Gasteiger partial charge in [0.25, 0.3) is 0 Å². The van der Waals surface area contributed by atoms with Gasteiger partial charge in [-0.1, -0.05) is 98.4 Å².